The van der Waals surface area contributed by atoms with E-state index < -0.39 is 9.84 Å². The second kappa shape index (κ2) is 4.93. The van der Waals surface area contributed by atoms with Gasteiger partial charge in [-0.15, -0.1) is 0 Å². The van der Waals surface area contributed by atoms with Crippen molar-refractivity contribution in [3.63, 3.8) is 0 Å². The molecule has 0 unspecified atom stereocenters. The number of nitrogens with one attached hydrogen (secondary N) is 1. The van der Waals surface area contributed by atoms with E-state index in [1.807, 2.05) is 18.2 Å². The van der Waals surface area contributed by atoms with Crippen molar-refractivity contribution >= 4 is 20.7 Å². The molecular formula is C16H15NO3S. The van der Waals surface area contributed by atoms with Crippen LogP contribution in [0.5, 0.6) is 5.75 Å². The van der Waals surface area contributed by atoms with E-state index in [0.717, 1.165) is 5.52 Å². The Labute approximate surface area is 123 Å². The van der Waals surface area contributed by atoms with Gasteiger partial charge in [-0.05, 0) is 36.8 Å². The van der Waals surface area contributed by atoms with Crippen molar-refractivity contribution in [1.29, 1.82) is 0 Å². The maximum Gasteiger partial charge on any atom is 0.208 e. The molecule has 21 heavy (non-hydrogen) atoms. The first-order valence-corrected chi connectivity index (χ1v) is 7.98. The number of hydrogen-bond acceptors (Lipinski definition) is 3. The fourth-order valence-electron chi connectivity index (χ4n) is 2.44. The van der Waals surface area contributed by atoms with Crippen molar-refractivity contribution in [3.05, 3.63) is 54.2 Å². The minimum Gasteiger partial charge on any atom is -0.497 e. The third-order valence-corrected chi connectivity index (χ3v) is 5.47. The molecule has 0 saturated heterocycles. The highest BCUT2D eigenvalue weighted by molar-refractivity contribution is 7.91. The number of fused-ring (bicyclic) bond motifs is 1. The third kappa shape index (κ3) is 2.19. The van der Waals surface area contributed by atoms with Gasteiger partial charge >= 0.3 is 0 Å². The van der Waals surface area contributed by atoms with E-state index >= 15 is 0 Å². The molecule has 108 valence electrons. The van der Waals surface area contributed by atoms with Crippen LogP contribution < -0.4 is 4.74 Å². The van der Waals surface area contributed by atoms with Gasteiger partial charge in [0.2, 0.25) is 9.84 Å². The lowest BCUT2D eigenvalue weighted by molar-refractivity contribution is 0.414. The second-order valence-corrected chi connectivity index (χ2v) is 6.72. The molecule has 0 aliphatic heterocycles. The molecular weight excluding hydrogens is 286 g/mol. The standard InChI is InChI=1S/C16H15NO3S/c1-11-9-12(20-2)7-8-15(11)21(18,19)16-10-17-14-6-4-3-5-13(14)16/h3-10,17H,1-2H3. The summed E-state index contributed by atoms with van der Waals surface area (Å²) in [7, 11) is -2.01. The molecule has 0 saturated carbocycles. The number of sulfone groups is 1. The number of methoxy groups -OCH3 is 1. The number of hydrogen-bond donors (Lipinski definition) is 1. The van der Waals surface area contributed by atoms with Gasteiger partial charge in [0.05, 0.1) is 16.9 Å². The van der Waals surface area contributed by atoms with Crippen LogP contribution in [0.15, 0.2) is 58.5 Å². The quantitative estimate of drug-likeness (QED) is 0.807. The number of rotatable bonds is 3. The lowest BCUT2D eigenvalue weighted by Gasteiger charge is -2.08. The van der Waals surface area contributed by atoms with Crippen LogP contribution in [0.3, 0.4) is 0 Å². The van der Waals surface area contributed by atoms with E-state index in [1.54, 1.807) is 44.5 Å². The van der Waals surface area contributed by atoms with Gasteiger partial charge in [0.25, 0.3) is 0 Å². The highest BCUT2D eigenvalue weighted by Crippen LogP contribution is 2.31. The van der Waals surface area contributed by atoms with Crippen LogP contribution in [0.2, 0.25) is 0 Å². The van der Waals surface area contributed by atoms with Gasteiger partial charge in [0, 0.05) is 17.1 Å². The van der Waals surface area contributed by atoms with E-state index in [0.29, 0.717) is 26.5 Å². The van der Waals surface area contributed by atoms with Gasteiger partial charge in [-0.2, -0.15) is 0 Å². The Morgan fingerprint density at radius 1 is 1.05 bits per heavy atom. The molecule has 0 aliphatic rings. The van der Waals surface area contributed by atoms with E-state index in [-0.39, 0.29) is 0 Å². The summed E-state index contributed by atoms with van der Waals surface area (Å²) >= 11 is 0. The van der Waals surface area contributed by atoms with Crippen LogP contribution in [0, 0.1) is 6.92 Å². The number of H-pyrrole nitrogens is 1. The summed E-state index contributed by atoms with van der Waals surface area (Å²) in [5.74, 6) is 0.644. The topological polar surface area (TPSA) is 59.2 Å². The normalized spacial score (nSPS) is 11.7. The zero-order chi connectivity index (χ0) is 15.0. The zero-order valence-corrected chi connectivity index (χ0v) is 12.6. The van der Waals surface area contributed by atoms with Crippen molar-refractivity contribution in [2.75, 3.05) is 7.11 Å². The molecule has 4 nitrogen and oxygen atoms in total. The predicted molar refractivity (Wildman–Crippen MR) is 81.5 cm³/mol. The minimum atomic E-state index is -3.56. The Hall–Kier alpha value is -2.27. The maximum absolute atomic E-state index is 12.9. The van der Waals surface area contributed by atoms with E-state index in [9.17, 15) is 8.42 Å². The highest BCUT2D eigenvalue weighted by atomic mass is 32.2. The summed E-state index contributed by atoms with van der Waals surface area (Å²) in [6.07, 6.45) is 1.55. The van der Waals surface area contributed by atoms with Crippen molar-refractivity contribution < 1.29 is 13.2 Å². The molecule has 0 amide bonds. The largest absolute Gasteiger partial charge is 0.497 e. The zero-order valence-electron chi connectivity index (χ0n) is 11.8. The number of ether oxygens (including phenoxy) is 1. The van der Waals surface area contributed by atoms with Crippen molar-refractivity contribution in [1.82, 2.24) is 4.98 Å². The summed E-state index contributed by atoms with van der Waals surface area (Å²) in [5, 5.41) is 0.702. The van der Waals surface area contributed by atoms with Crippen molar-refractivity contribution in [2.45, 2.75) is 16.7 Å². The van der Waals surface area contributed by atoms with Crippen LogP contribution >= 0.6 is 0 Å². The first-order valence-electron chi connectivity index (χ1n) is 6.50. The fraction of sp³-hybridized carbons (Fsp3) is 0.125. The molecule has 0 spiro atoms. The third-order valence-electron chi connectivity index (χ3n) is 3.51. The Bertz CT molecular complexity index is 910. The van der Waals surface area contributed by atoms with Crippen molar-refractivity contribution in [2.24, 2.45) is 0 Å². The second-order valence-electron chi connectivity index (χ2n) is 4.83. The molecule has 0 radical (unpaired) electrons. The van der Waals surface area contributed by atoms with Crippen LogP contribution in [0.25, 0.3) is 10.9 Å². The van der Waals surface area contributed by atoms with Gasteiger partial charge in [-0.3, -0.25) is 0 Å². The Morgan fingerprint density at radius 3 is 2.52 bits per heavy atom. The van der Waals surface area contributed by atoms with Gasteiger partial charge in [-0.25, -0.2) is 8.42 Å². The Balaban J connectivity index is 2.21. The first kappa shape index (κ1) is 13.7. The van der Waals surface area contributed by atoms with Crippen LogP contribution in [-0.4, -0.2) is 20.5 Å². The van der Waals surface area contributed by atoms with E-state index in [1.165, 1.54) is 0 Å². The summed E-state index contributed by atoms with van der Waals surface area (Å²) in [6, 6.07) is 12.3. The lowest BCUT2D eigenvalue weighted by atomic mass is 10.2. The molecule has 2 aromatic carbocycles. The first-order chi connectivity index (χ1) is 10.0. The Morgan fingerprint density at radius 2 is 1.81 bits per heavy atom. The number of aryl methyl sites for hydroxylation is 1. The highest BCUT2D eigenvalue weighted by Gasteiger charge is 2.23. The molecule has 1 aromatic heterocycles. The Kier molecular flexibility index (Phi) is 3.22. The number of benzene rings is 2. The molecule has 5 heteroatoms. The number of para-hydroxylation sites is 1. The monoisotopic (exact) mass is 301 g/mol. The summed E-state index contributed by atoms with van der Waals surface area (Å²) in [6.45, 7) is 1.77. The van der Waals surface area contributed by atoms with Gasteiger partial charge in [0.1, 0.15) is 5.75 Å². The molecule has 0 fully saturated rings. The average molecular weight is 301 g/mol. The average Bonchev–Trinajstić information content (AvgIpc) is 2.91. The lowest BCUT2D eigenvalue weighted by Crippen LogP contribution is -2.03. The number of aromatic nitrogens is 1. The molecule has 0 aliphatic carbocycles. The smallest absolute Gasteiger partial charge is 0.208 e. The summed E-state index contributed by atoms with van der Waals surface area (Å²) in [5.41, 5.74) is 1.47. The van der Waals surface area contributed by atoms with Gasteiger partial charge < -0.3 is 9.72 Å². The summed E-state index contributed by atoms with van der Waals surface area (Å²) < 4.78 is 30.9. The molecule has 0 bridgehead atoms. The van der Waals surface area contributed by atoms with E-state index in [2.05, 4.69) is 4.98 Å². The van der Waals surface area contributed by atoms with Crippen LogP contribution in [-0.2, 0) is 9.84 Å². The molecule has 1 heterocycles. The van der Waals surface area contributed by atoms with Gasteiger partial charge in [0.15, 0.2) is 0 Å². The molecule has 3 rings (SSSR count). The van der Waals surface area contributed by atoms with Crippen LogP contribution in [0.4, 0.5) is 0 Å². The predicted octanol–water partition coefficient (Wildman–Crippen LogP) is 3.32. The SMILES string of the molecule is COc1ccc(S(=O)(=O)c2c[nH]c3ccccc23)c(C)c1. The fourth-order valence-corrected chi connectivity index (χ4v) is 4.08. The molecule has 3 aromatic rings. The molecule has 0 atom stereocenters. The summed E-state index contributed by atoms with van der Waals surface area (Å²) in [4.78, 5) is 3.60. The van der Waals surface area contributed by atoms with Crippen molar-refractivity contribution in [3.8, 4) is 5.75 Å². The van der Waals surface area contributed by atoms with E-state index in [4.69, 9.17) is 4.74 Å². The molecule has 1 N–H and O–H groups in total. The van der Waals surface area contributed by atoms with Gasteiger partial charge in [-0.1, -0.05) is 18.2 Å². The minimum absolute atomic E-state index is 0.298. The van der Waals surface area contributed by atoms with Crippen LogP contribution in [0.1, 0.15) is 5.56 Å². The number of aromatic amines is 1. The maximum atomic E-state index is 12.9.